The van der Waals surface area contributed by atoms with Gasteiger partial charge in [-0.3, -0.25) is 0 Å². The fourth-order valence-corrected chi connectivity index (χ4v) is 5.16. The van der Waals surface area contributed by atoms with Gasteiger partial charge in [0.1, 0.15) is 30.4 Å². The molecule has 2 N–H and O–H groups in total. The molecule has 2 unspecified atom stereocenters. The highest BCUT2D eigenvalue weighted by Gasteiger charge is 2.33. The second-order valence-corrected chi connectivity index (χ2v) is 9.65. The topological polar surface area (TPSA) is 108 Å². The van der Waals surface area contributed by atoms with Crippen molar-refractivity contribution in [1.29, 1.82) is 5.26 Å². The number of nitrogens with zero attached hydrogens (tertiary/aromatic N) is 5. The molecule has 6 rings (SSSR count). The van der Waals surface area contributed by atoms with E-state index >= 15 is 0 Å². The Bertz CT molecular complexity index is 1290. The van der Waals surface area contributed by atoms with Crippen molar-refractivity contribution in [2.75, 3.05) is 36.4 Å². The highest BCUT2D eigenvalue weighted by Crippen LogP contribution is 2.31. The number of alkyl halides is 1. The second-order valence-electron chi connectivity index (χ2n) is 9.65. The zero-order valence-corrected chi connectivity index (χ0v) is 20.3. The first-order chi connectivity index (χ1) is 18.1. The van der Waals surface area contributed by atoms with Gasteiger partial charge in [0.25, 0.3) is 0 Å². The Hall–Kier alpha value is -3.81. The van der Waals surface area contributed by atoms with Gasteiger partial charge in [0.2, 0.25) is 5.95 Å². The number of hydrogen-bond donors (Lipinski definition) is 2. The molecule has 0 amide bonds. The molecular formula is C27H28FN7O2. The largest absolute Gasteiger partial charge is 0.486 e. The summed E-state index contributed by atoms with van der Waals surface area (Å²) in [4.78, 5) is 15.4. The summed E-state index contributed by atoms with van der Waals surface area (Å²) in [6, 6.07) is 15.5. The van der Waals surface area contributed by atoms with Gasteiger partial charge in [-0.2, -0.15) is 10.2 Å². The van der Waals surface area contributed by atoms with Gasteiger partial charge in [-0.25, -0.2) is 14.4 Å². The third-order valence-corrected chi connectivity index (χ3v) is 7.09. The molecule has 0 aliphatic carbocycles. The molecule has 9 nitrogen and oxygen atoms in total. The number of piperidine rings is 1. The van der Waals surface area contributed by atoms with Gasteiger partial charge < -0.3 is 25.0 Å². The van der Waals surface area contributed by atoms with Crippen LogP contribution in [0.1, 0.15) is 24.8 Å². The molecule has 4 heterocycles. The van der Waals surface area contributed by atoms with Crippen LogP contribution in [0.3, 0.4) is 0 Å². The summed E-state index contributed by atoms with van der Waals surface area (Å²) in [5.41, 5.74) is 3.00. The van der Waals surface area contributed by atoms with Crippen LogP contribution in [0.2, 0.25) is 0 Å². The molecule has 3 aliphatic heterocycles. The standard InChI is InChI=1S/C27H28FN7O2/c28-23-13-30-10-9-25(23)37-24-8-1-17(11-18(24)12-29)26-31-16-32-27(34-26)33-19-2-4-20(5-3-19)35-14-21-6-7-22(15-35)36-21/h1-5,8,11,16,21-23,25,30H,6-7,9-10,13-15H2,(H,31,32,33,34)/t21?,22?,23-,25+/m1/s1. The normalized spacial score (nSPS) is 24.9. The number of ether oxygens (including phenoxy) is 2. The van der Waals surface area contributed by atoms with E-state index in [2.05, 4.69) is 48.7 Å². The van der Waals surface area contributed by atoms with Gasteiger partial charge in [-0.1, -0.05) is 0 Å². The monoisotopic (exact) mass is 501 g/mol. The van der Waals surface area contributed by atoms with Crippen molar-refractivity contribution in [3.8, 4) is 23.2 Å². The number of nitriles is 1. The first-order valence-corrected chi connectivity index (χ1v) is 12.7. The molecule has 0 saturated carbocycles. The zero-order valence-electron chi connectivity index (χ0n) is 20.3. The molecule has 1 aromatic heterocycles. The predicted molar refractivity (Wildman–Crippen MR) is 137 cm³/mol. The van der Waals surface area contributed by atoms with Crippen LogP contribution in [0.5, 0.6) is 5.75 Å². The van der Waals surface area contributed by atoms with Crippen LogP contribution in [-0.4, -0.2) is 65.6 Å². The molecule has 3 aliphatic rings. The van der Waals surface area contributed by atoms with Crippen LogP contribution in [0.25, 0.3) is 11.4 Å². The number of anilines is 3. The summed E-state index contributed by atoms with van der Waals surface area (Å²) >= 11 is 0. The van der Waals surface area contributed by atoms with Crippen molar-refractivity contribution < 1.29 is 13.9 Å². The van der Waals surface area contributed by atoms with E-state index in [0.29, 0.717) is 53.8 Å². The molecular weight excluding hydrogens is 473 g/mol. The smallest absolute Gasteiger partial charge is 0.230 e. The number of fused-ring (bicyclic) bond motifs is 2. The SMILES string of the molecule is N#Cc1cc(-c2ncnc(Nc3ccc(N4CC5CCC(C4)O5)cc3)n2)ccc1O[C@H]1CCNC[C@H]1F. The van der Waals surface area contributed by atoms with E-state index in [0.717, 1.165) is 31.6 Å². The van der Waals surface area contributed by atoms with Crippen LogP contribution >= 0.6 is 0 Å². The number of hydrogen-bond acceptors (Lipinski definition) is 9. The van der Waals surface area contributed by atoms with Crippen LogP contribution in [0.15, 0.2) is 48.8 Å². The van der Waals surface area contributed by atoms with E-state index in [1.165, 1.54) is 12.0 Å². The van der Waals surface area contributed by atoms with Crippen molar-refractivity contribution in [3.05, 3.63) is 54.4 Å². The molecule has 2 bridgehead atoms. The highest BCUT2D eigenvalue weighted by atomic mass is 19.1. The number of aromatic nitrogens is 3. The lowest BCUT2D eigenvalue weighted by Gasteiger charge is -2.33. The first kappa shape index (κ1) is 23.6. The molecule has 2 aromatic carbocycles. The number of rotatable bonds is 6. The van der Waals surface area contributed by atoms with Gasteiger partial charge in [0.15, 0.2) is 5.82 Å². The van der Waals surface area contributed by atoms with Gasteiger partial charge in [0.05, 0.1) is 17.8 Å². The lowest BCUT2D eigenvalue weighted by atomic mass is 10.1. The van der Waals surface area contributed by atoms with Crippen LogP contribution in [-0.2, 0) is 4.74 Å². The van der Waals surface area contributed by atoms with E-state index in [-0.39, 0.29) is 6.54 Å². The molecule has 10 heteroatoms. The van der Waals surface area contributed by atoms with Gasteiger partial charge in [-0.05, 0) is 68.3 Å². The summed E-state index contributed by atoms with van der Waals surface area (Å²) in [6.45, 7) is 2.80. The Morgan fingerprint density at radius 2 is 1.89 bits per heavy atom. The quantitative estimate of drug-likeness (QED) is 0.524. The summed E-state index contributed by atoms with van der Waals surface area (Å²) in [5, 5.41) is 15.9. The Labute approximate surface area is 214 Å². The van der Waals surface area contributed by atoms with Crippen LogP contribution < -0.4 is 20.3 Å². The molecule has 3 saturated heterocycles. The maximum absolute atomic E-state index is 14.2. The third kappa shape index (κ3) is 5.19. The average Bonchev–Trinajstić information content (AvgIpc) is 3.27. The van der Waals surface area contributed by atoms with Crippen molar-refractivity contribution in [2.45, 2.75) is 43.7 Å². The molecule has 0 radical (unpaired) electrons. The summed E-state index contributed by atoms with van der Waals surface area (Å²) < 4.78 is 26.0. The van der Waals surface area contributed by atoms with E-state index in [9.17, 15) is 9.65 Å². The number of nitrogens with one attached hydrogen (secondary N) is 2. The van der Waals surface area contributed by atoms with Crippen molar-refractivity contribution in [3.63, 3.8) is 0 Å². The van der Waals surface area contributed by atoms with Gasteiger partial charge in [0, 0.05) is 36.6 Å². The minimum absolute atomic E-state index is 0.252. The summed E-state index contributed by atoms with van der Waals surface area (Å²) in [6.07, 6.45) is 3.26. The Kier molecular flexibility index (Phi) is 6.55. The predicted octanol–water partition coefficient (Wildman–Crippen LogP) is 3.60. The fraction of sp³-hybridized carbons (Fsp3) is 0.407. The van der Waals surface area contributed by atoms with Crippen molar-refractivity contribution in [1.82, 2.24) is 20.3 Å². The number of morpholine rings is 1. The van der Waals surface area contributed by atoms with E-state index in [1.807, 2.05) is 12.1 Å². The van der Waals surface area contributed by atoms with Gasteiger partial charge in [-0.15, -0.1) is 0 Å². The lowest BCUT2D eigenvalue weighted by molar-refractivity contribution is 0.0305. The first-order valence-electron chi connectivity index (χ1n) is 12.7. The summed E-state index contributed by atoms with van der Waals surface area (Å²) in [7, 11) is 0. The minimum atomic E-state index is -1.12. The highest BCUT2D eigenvalue weighted by molar-refractivity contribution is 5.64. The van der Waals surface area contributed by atoms with Crippen LogP contribution in [0.4, 0.5) is 21.7 Å². The molecule has 3 aromatic rings. The van der Waals surface area contributed by atoms with E-state index in [4.69, 9.17) is 9.47 Å². The maximum Gasteiger partial charge on any atom is 0.230 e. The van der Waals surface area contributed by atoms with Crippen LogP contribution in [0, 0.1) is 11.3 Å². The third-order valence-electron chi connectivity index (χ3n) is 7.09. The van der Waals surface area contributed by atoms with E-state index < -0.39 is 12.3 Å². The zero-order chi connectivity index (χ0) is 25.2. The average molecular weight is 502 g/mol. The summed E-state index contributed by atoms with van der Waals surface area (Å²) in [5.74, 6) is 1.18. The number of halogens is 1. The Morgan fingerprint density at radius 3 is 2.65 bits per heavy atom. The fourth-order valence-electron chi connectivity index (χ4n) is 5.16. The van der Waals surface area contributed by atoms with Gasteiger partial charge >= 0.3 is 0 Å². The molecule has 37 heavy (non-hydrogen) atoms. The maximum atomic E-state index is 14.2. The molecule has 4 atom stereocenters. The Balaban J connectivity index is 1.15. The second kappa shape index (κ2) is 10.3. The molecule has 3 fully saturated rings. The Morgan fingerprint density at radius 1 is 1.08 bits per heavy atom. The molecule has 190 valence electrons. The lowest BCUT2D eigenvalue weighted by Crippen LogP contribution is -2.44. The van der Waals surface area contributed by atoms with E-state index in [1.54, 1.807) is 18.2 Å². The minimum Gasteiger partial charge on any atom is -0.486 e. The number of benzene rings is 2. The van der Waals surface area contributed by atoms with Crippen molar-refractivity contribution in [2.24, 2.45) is 0 Å². The molecule has 0 spiro atoms. The van der Waals surface area contributed by atoms with Crippen molar-refractivity contribution >= 4 is 17.3 Å².